The molecule has 0 spiro atoms. The van der Waals surface area contributed by atoms with E-state index in [1.807, 2.05) is 30.3 Å². The molecule has 1 amide bonds. The van der Waals surface area contributed by atoms with Crippen LogP contribution in [0, 0.1) is 5.92 Å². The highest BCUT2D eigenvalue weighted by atomic mass is 32.2. The molecule has 2 fully saturated rings. The lowest BCUT2D eigenvalue weighted by molar-refractivity contribution is -0.152. The summed E-state index contributed by atoms with van der Waals surface area (Å²) >= 11 is 0. The maximum Gasteiger partial charge on any atom is 0.407 e. The van der Waals surface area contributed by atoms with Crippen molar-refractivity contribution >= 4 is 16.1 Å². The van der Waals surface area contributed by atoms with Gasteiger partial charge in [-0.2, -0.15) is 4.31 Å². The molecule has 0 saturated carbocycles. The van der Waals surface area contributed by atoms with Crippen LogP contribution in [0.2, 0.25) is 0 Å². The summed E-state index contributed by atoms with van der Waals surface area (Å²) in [5, 5.41) is 14.5. The number of alkyl carbamates (subject to hydrolysis) is 1. The fraction of sp³-hybridized carbons (Fsp3) is 0.618. The van der Waals surface area contributed by atoms with Crippen molar-refractivity contribution in [3.05, 3.63) is 59.7 Å². The van der Waals surface area contributed by atoms with Crippen LogP contribution < -0.4 is 10.1 Å². The van der Waals surface area contributed by atoms with Crippen molar-refractivity contribution in [1.82, 2.24) is 9.62 Å². The van der Waals surface area contributed by atoms with Crippen LogP contribution in [-0.4, -0.2) is 88.5 Å². The van der Waals surface area contributed by atoms with Crippen LogP contribution in [0.5, 0.6) is 5.75 Å². The molecule has 46 heavy (non-hydrogen) atoms. The fourth-order valence-electron chi connectivity index (χ4n) is 6.43. The molecule has 5 rings (SSSR count). The topological polar surface area (TPSA) is 133 Å². The summed E-state index contributed by atoms with van der Waals surface area (Å²) in [4.78, 5) is 13.4. The summed E-state index contributed by atoms with van der Waals surface area (Å²) in [5.74, 6) is 0.496. The van der Waals surface area contributed by atoms with Gasteiger partial charge in [0.15, 0.2) is 6.29 Å². The molecule has 2 saturated heterocycles. The molecule has 254 valence electrons. The number of benzene rings is 2. The number of ether oxygens (including phenoxy) is 5. The van der Waals surface area contributed by atoms with E-state index in [2.05, 4.69) is 5.32 Å². The van der Waals surface area contributed by atoms with Gasteiger partial charge in [0.25, 0.3) is 0 Å². The molecule has 0 bridgehead atoms. The number of methoxy groups -OCH3 is 1. The summed E-state index contributed by atoms with van der Waals surface area (Å²) in [7, 11) is -2.52. The van der Waals surface area contributed by atoms with Crippen molar-refractivity contribution in [3.8, 4) is 5.75 Å². The Labute approximate surface area is 272 Å². The van der Waals surface area contributed by atoms with Crippen LogP contribution in [0.15, 0.2) is 53.4 Å². The molecule has 0 aliphatic carbocycles. The van der Waals surface area contributed by atoms with Gasteiger partial charge in [-0.3, -0.25) is 0 Å². The lowest BCUT2D eigenvalue weighted by Gasteiger charge is -2.31. The van der Waals surface area contributed by atoms with Crippen LogP contribution in [-0.2, 0) is 42.0 Å². The molecule has 0 radical (unpaired) electrons. The van der Waals surface area contributed by atoms with Gasteiger partial charge < -0.3 is 34.1 Å². The quantitative estimate of drug-likeness (QED) is 0.423. The minimum Gasteiger partial charge on any atom is -0.497 e. The molecule has 3 aliphatic heterocycles. The average molecular weight is 661 g/mol. The number of hydrogen-bond donors (Lipinski definition) is 2. The monoisotopic (exact) mass is 660 g/mol. The van der Waals surface area contributed by atoms with E-state index in [-0.39, 0.29) is 49.8 Å². The van der Waals surface area contributed by atoms with Gasteiger partial charge in [-0.1, -0.05) is 56.0 Å². The number of aliphatic hydroxyl groups excluding tert-OH is 1. The number of hydrogen-bond acceptors (Lipinski definition) is 9. The van der Waals surface area contributed by atoms with E-state index in [0.717, 1.165) is 50.5 Å². The van der Waals surface area contributed by atoms with E-state index in [1.165, 1.54) is 11.4 Å². The first-order valence-corrected chi connectivity index (χ1v) is 18.0. The van der Waals surface area contributed by atoms with Crippen LogP contribution in [0.3, 0.4) is 0 Å². The van der Waals surface area contributed by atoms with E-state index in [4.69, 9.17) is 23.7 Å². The maximum atomic E-state index is 14.3. The normalized spacial score (nSPS) is 25.7. The predicted molar refractivity (Wildman–Crippen MR) is 171 cm³/mol. The third-order valence-electron chi connectivity index (χ3n) is 9.02. The number of β-amino-alcohol motifs (C(OH)–C–C–N with tert-alkyl or cyclic N) is 1. The molecule has 0 aromatic heterocycles. The van der Waals surface area contributed by atoms with E-state index in [9.17, 15) is 18.3 Å². The molecule has 0 unspecified atom stereocenters. The zero-order chi connectivity index (χ0) is 32.4. The Balaban J connectivity index is 1.36. The number of carbonyl (C=O) groups excluding carboxylic acids is 1. The molecule has 2 N–H and O–H groups in total. The highest BCUT2D eigenvalue weighted by Crippen LogP contribution is 2.33. The number of rotatable bonds is 8. The van der Waals surface area contributed by atoms with Gasteiger partial charge in [-0.25, -0.2) is 13.2 Å². The van der Waals surface area contributed by atoms with Crippen molar-refractivity contribution in [2.75, 3.05) is 40.0 Å². The zero-order valence-electron chi connectivity index (χ0n) is 26.7. The molecule has 12 heteroatoms. The third kappa shape index (κ3) is 9.20. The highest BCUT2D eigenvalue weighted by Gasteiger charge is 2.42. The minimum atomic E-state index is -4.05. The summed E-state index contributed by atoms with van der Waals surface area (Å²) < 4.78 is 58.3. The van der Waals surface area contributed by atoms with Gasteiger partial charge in [-0.15, -0.1) is 0 Å². The van der Waals surface area contributed by atoms with E-state index in [1.54, 1.807) is 18.2 Å². The van der Waals surface area contributed by atoms with Gasteiger partial charge in [0.1, 0.15) is 11.9 Å². The van der Waals surface area contributed by atoms with Crippen LogP contribution in [0.4, 0.5) is 4.79 Å². The number of carbonyl (C=O) groups is 1. The smallest absolute Gasteiger partial charge is 0.407 e. The Morgan fingerprint density at radius 3 is 2.61 bits per heavy atom. The number of fused-ring (bicyclic) bond motifs is 2. The number of aliphatic hydroxyl groups is 1. The van der Waals surface area contributed by atoms with Crippen molar-refractivity contribution in [2.24, 2.45) is 5.92 Å². The summed E-state index contributed by atoms with van der Waals surface area (Å²) in [6, 6.07) is 13.5. The molecule has 2 aromatic rings. The standard InChI is InChI=1S/C34H48N2O9S/c1-41-27-15-16-32-26(21-27)23-42-18-10-5-3-2-4-9-17-36(46(32,39)40)22-30(37)29(20-25-12-7-6-8-13-25)35-34(38)45-31-24-44-33-28(31)14-11-19-43-33/h6-8,12-13,15-16,21,28-31,33,37H,2-5,9-11,14,17-20,22-24H2,1H3,(H,35,38)/t28-,29+,30-,31-,33+/m1/s1. The second-order valence-electron chi connectivity index (χ2n) is 12.3. The summed E-state index contributed by atoms with van der Waals surface area (Å²) in [6.45, 7) is 1.56. The van der Waals surface area contributed by atoms with Gasteiger partial charge in [0.05, 0.1) is 37.4 Å². The Morgan fingerprint density at radius 1 is 1.02 bits per heavy atom. The Bertz CT molecular complexity index is 1360. The molecular weight excluding hydrogens is 612 g/mol. The summed E-state index contributed by atoms with van der Waals surface area (Å²) in [5.41, 5.74) is 1.39. The first-order valence-electron chi connectivity index (χ1n) is 16.5. The number of nitrogens with zero attached hydrogens (tertiary/aromatic N) is 1. The lowest BCUT2D eigenvalue weighted by atomic mass is 9.97. The minimum absolute atomic E-state index is 0.0411. The van der Waals surface area contributed by atoms with Gasteiger partial charge >= 0.3 is 6.09 Å². The molecule has 3 aliphatic rings. The second kappa shape index (κ2) is 16.9. The SMILES string of the molecule is COc1ccc2c(c1)COCCCCCCCCN(C[C@@H](O)[C@H](Cc1ccccc1)NC(=O)O[C@@H]1CO[C@@H]3OCCC[C@@H]31)S2(=O)=O. The first-order chi connectivity index (χ1) is 22.3. The molecular formula is C34H48N2O9S. The van der Waals surface area contributed by atoms with E-state index < -0.39 is 34.4 Å². The third-order valence-corrected chi connectivity index (χ3v) is 11.0. The van der Waals surface area contributed by atoms with Gasteiger partial charge in [0, 0.05) is 37.8 Å². The largest absolute Gasteiger partial charge is 0.497 e. The molecule has 3 heterocycles. The van der Waals surface area contributed by atoms with Crippen molar-refractivity contribution in [2.45, 2.75) is 93.8 Å². The lowest BCUT2D eigenvalue weighted by Crippen LogP contribution is -2.51. The van der Waals surface area contributed by atoms with Crippen molar-refractivity contribution in [3.63, 3.8) is 0 Å². The van der Waals surface area contributed by atoms with Gasteiger partial charge in [0.2, 0.25) is 10.0 Å². The van der Waals surface area contributed by atoms with E-state index >= 15 is 0 Å². The van der Waals surface area contributed by atoms with Gasteiger partial charge in [-0.05, 0) is 55.9 Å². The first kappa shape index (κ1) is 34.6. The maximum absolute atomic E-state index is 14.3. The average Bonchev–Trinajstić information content (AvgIpc) is 3.46. The zero-order valence-corrected chi connectivity index (χ0v) is 27.5. The number of amides is 1. The van der Waals surface area contributed by atoms with E-state index in [0.29, 0.717) is 30.9 Å². The summed E-state index contributed by atoms with van der Waals surface area (Å²) in [6.07, 6.45) is 4.77. The van der Waals surface area contributed by atoms with Crippen LogP contribution in [0.25, 0.3) is 0 Å². The number of sulfonamides is 1. The van der Waals surface area contributed by atoms with Crippen LogP contribution in [0.1, 0.15) is 62.5 Å². The Hall–Kier alpha value is -2.74. The fourth-order valence-corrected chi connectivity index (χ4v) is 8.12. The molecule has 11 nitrogen and oxygen atoms in total. The molecule has 2 aromatic carbocycles. The Morgan fingerprint density at radius 2 is 1.80 bits per heavy atom. The second-order valence-corrected chi connectivity index (χ2v) is 14.2. The van der Waals surface area contributed by atoms with Crippen molar-refractivity contribution < 1.29 is 42.0 Å². The number of nitrogens with one attached hydrogen (secondary N) is 1. The Kier molecular flexibility index (Phi) is 12.7. The predicted octanol–water partition coefficient (Wildman–Crippen LogP) is 4.41. The van der Waals surface area contributed by atoms with Crippen molar-refractivity contribution in [1.29, 1.82) is 0 Å². The molecule has 5 atom stereocenters. The van der Waals surface area contributed by atoms with Crippen LogP contribution >= 0.6 is 0 Å². The highest BCUT2D eigenvalue weighted by molar-refractivity contribution is 7.89.